The van der Waals surface area contributed by atoms with Crippen LogP contribution in [0.4, 0.5) is 0 Å². The molecule has 0 spiro atoms. The molecule has 0 radical (unpaired) electrons. The van der Waals surface area contributed by atoms with Crippen molar-refractivity contribution in [2.24, 2.45) is 5.92 Å². The van der Waals surface area contributed by atoms with Gasteiger partial charge in [-0.15, -0.1) is 11.6 Å². The molecule has 1 heterocycles. The second kappa shape index (κ2) is 4.94. The summed E-state index contributed by atoms with van der Waals surface area (Å²) >= 11 is 5.92. The molecule has 0 amide bonds. The minimum Gasteiger partial charge on any atom is -0.310 e. The van der Waals surface area contributed by atoms with E-state index in [0.717, 1.165) is 44.2 Å². The van der Waals surface area contributed by atoms with E-state index in [-0.39, 0.29) is 0 Å². The number of rotatable bonds is 5. The molecule has 2 rings (SSSR count). The fourth-order valence-electron chi connectivity index (χ4n) is 1.90. The first kappa shape index (κ1) is 10.9. The topological polar surface area (TPSA) is 42.7 Å². The molecule has 5 heteroatoms. The zero-order valence-corrected chi connectivity index (χ0v) is 9.74. The molecule has 0 atom stereocenters. The van der Waals surface area contributed by atoms with Crippen LogP contribution in [0.1, 0.15) is 25.6 Å². The second-order valence-electron chi connectivity index (χ2n) is 4.06. The molecule has 1 aromatic heterocycles. The number of alkyl halides is 1. The molecule has 15 heavy (non-hydrogen) atoms. The highest BCUT2D eigenvalue weighted by molar-refractivity contribution is 6.21. The molecule has 1 fully saturated rings. The predicted octanol–water partition coefficient (Wildman–Crippen LogP) is 1.41. The van der Waals surface area contributed by atoms with Crippen LogP contribution in [0.5, 0.6) is 0 Å². The molecule has 1 aliphatic carbocycles. The maximum absolute atomic E-state index is 5.92. The number of aryl methyl sites for hydroxylation is 1. The summed E-state index contributed by atoms with van der Waals surface area (Å²) in [4.78, 5) is 4.21. The Bertz CT molecular complexity index is 306. The molecule has 0 bridgehead atoms. The molecule has 1 N–H and O–H groups in total. The lowest BCUT2D eigenvalue weighted by Gasteiger charge is -2.30. The molecule has 1 aromatic rings. The first-order valence-corrected chi connectivity index (χ1v) is 5.94. The van der Waals surface area contributed by atoms with Crippen molar-refractivity contribution in [2.75, 3.05) is 6.54 Å². The number of halogens is 1. The van der Waals surface area contributed by atoms with Gasteiger partial charge in [-0.05, 0) is 32.2 Å². The molecular formula is C10H17ClN4. The third-order valence-electron chi connectivity index (χ3n) is 2.89. The van der Waals surface area contributed by atoms with E-state index in [9.17, 15) is 0 Å². The highest BCUT2D eigenvalue weighted by atomic mass is 35.5. The van der Waals surface area contributed by atoms with Crippen molar-refractivity contribution in [3.63, 3.8) is 0 Å². The van der Waals surface area contributed by atoms with Gasteiger partial charge in [0.1, 0.15) is 12.2 Å². The lowest BCUT2D eigenvalue weighted by atomic mass is 9.85. The van der Waals surface area contributed by atoms with Crippen LogP contribution in [0.2, 0.25) is 0 Å². The smallest absolute Gasteiger partial charge is 0.140 e. The summed E-state index contributed by atoms with van der Waals surface area (Å²) in [6.07, 6.45) is 3.91. The molecule has 84 valence electrons. The van der Waals surface area contributed by atoms with Gasteiger partial charge in [0.25, 0.3) is 0 Å². The average molecular weight is 229 g/mol. The van der Waals surface area contributed by atoms with Crippen molar-refractivity contribution in [3.05, 3.63) is 12.2 Å². The fourth-order valence-corrected chi connectivity index (χ4v) is 2.40. The Morgan fingerprint density at radius 1 is 1.60 bits per heavy atom. The number of nitrogens with one attached hydrogen (secondary N) is 1. The van der Waals surface area contributed by atoms with Crippen molar-refractivity contribution in [2.45, 2.75) is 38.2 Å². The fraction of sp³-hybridized carbons (Fsp3) is 0.800. The lowest BCUT2D eigenvalue weighted by Crippen LogP contribution is -2.33. The normalized spacial score (nSPS) is 25.2. The van der Waals surface area contributed by atoms with Crippen molar-refractivity contribution in [1.29, 1.82) is 0 Å². The third-order valence-corrected chi connectivity index (χ3v) is 3.25. The predicted molar refractivity (Wildman–Crippen MR) is 59.8 cm³/mol. The van der Waals surface area contributed by atoms with Crippen LogP contribution in [-0.2, 0) is 13.1 Å². The Morgan fingerprint density at radius 3 is 3.07 bits per heavy atom. The first-order chi connectivity index (χ1) is 7.29. The highest BCUT2D eigenvalue weighted by Crippen LogP contribution is 2.31. The Labute approximate surface area is 95.0 Å². The van der Waals surface area contributed by atoms with Gasteiger partial charge >= 0.3 is 0 Å². The molecule has 0 unspecified atom stereocenters. The molecule has 1 saturated carbocycles. The standard InChI is InChI=1S/C10H17ClN4/c1-2-15-10(13-7-14-15)6-12-5-8-3-9(11)4-8/h7-9,12H,2-6H2,1H3. The van der Waals surface area contributed by atoms with Crippen LogP contribution in [0.25, 0.3) is 0 Å². The SMILES string of the molecule is CCn1ncnc1CNCC1CC(Cl)C1. The number of nitrogens with zero attached hydrogens (tertiary/aromatic N) is 3. The molecule has 4 nitrogen and oxygen atoms in total. The summed E-state index contributed by atoms with van der Waals surface area (Å²) < 4.78 is 1.91. The van der Waals surface area contributed by atoms with E-state index in [4.69, 9.17) is 11.6 Å². The van der Waals surface area contributed by atoms with Crippen LogP contribution in [-0.4, -0.2) is 26.7 Å². The van der Waals surface area contributed by atoms with Crippen LogP contribution >= 0.6 is 11.6 Å². The lowest BCUT2D eigenvalue weighted by molar-refractivity contribution is 0.306. The zero-order chi connectivity index (χ0) is 10.7. The highest BCUT2D eigenvalue weighted by Gasteiger charge is 2.26. The number of aromatic nitrogens is 3. The maximum Gasteiger partial charge on any atom is 0.140 e. The summed E-state index contributed by atoms with van der Waals surface area (Å²) in [6, 6.07) is 0. The average Bonchev–Trinajstić information content (AvgIpc) is 2.62. The van der Waals surface area contributed by atoms with E-state index >= 15 is 0 Å². The Balaban J connectivity index is 1.69. The Hall–Kier alpha value is -0.610. The molecule has 0 saturated heterocycles. The summed E-state index contributed by atoms with van der Waals surface area (Å²) in [7, 11) is 0. The Morgan fingerprint density at radius 2 is 2.40 bits per heavy atom. The van der Waals surface area contributed by atoms with Crippen LogP contribution in [0.3, 0.4) is 0 Å². The first-order valence-electron chi connectivity index (χ1n) is 5.51. The largest absolute Gasteiger partial charge is 0.310 e. The molecule has 0 aliphatic heterocycles. The van der Waals surface area contributed by atoms with Gasteiger partial charge in [0.05, 0.1) is 6.54 Å². The van der Waals surface area contributed by atoms with Gasteiger partial charge in [0.2, 0.25) is 0 Å². The van der Waals surface area contributed by atoms with Crippen molar-refractivity contribution < 1.29 is 0 Å². The van der Waals surface area contributed by atoms with Gasteiger partial charge in [0.15, 0.2) is 0 Å². The van der Waals surface area contributed by atoms with E-state index in [2.05, 4.69) is 22.3 Å². The summed E-state index contributed by atoms with van der Waals surface area (Å²) in [5.41, 5.74) is 0. The molecule has 1 aliphatic rings. The van der Waals surface area contributed by atoms with Crippen LogP contribution < -0.4 is 5.32 Å². The third kappa shape index (κ3) is 2.69. The van der Waals surface area contributed by atoms with E-state index in [1.165, 1.54) is 0 Å². The minimum atomic E-state index is 0.413. The minimum absolute atomic E-state index is 0.413. The summed E-state index contributed by atoms with van der Waals surface area (Å²) in [5, 5.41) is 7.94. The van der Waals surface area contributed by atoms with Gasteiger partial charge in [-0.25, -0.2) is 9.67 Å². The van der Waals surface area contributed by atoms with Crippen LogP contribution in [0.15, 0.2) is 6.33 Å². The van der Waals surface area contributed by atoms with Crippen molar-refractivity contribution in [3.8, 4) is 0 Å². The maximum atomic E-state index is 5.92. The van der Waals surface area contributed by atoms with Gasteiger partial charge < -0.3 is 5.32 Å². The number of hydrogen-bond donors (Lipinski definition) is 1. The monoisotopic (exact) mass is 228 g/mol. The van der Waals surface area contributed by atoms with Gasteiger partial charge in [0, 0.05) is 11.9 Å². The van der Waals surface area contributed by atoms with Gasteiger partial charge in [-0.2, -0.15) is 5.10 Å². The molecule has 0 aromatic carbocycles. The zero-order valence-electron chi connectivity index (χ0n) is 8.99. The summed E-state index contributed by atoms with van der Waals surface area (Å²) in [6.45, 7) is 4.80. The van der Waals surface area contributed by atoms with Crippen molar-refractivity contribution >= 4 is 11.6 Å². The van der Waals surface area contributed by atoms with Gasteiger partial charge in [-0.1, -0.05) is 0 Å². The second-order valence-corrected chi connectivity index (χ2v) is 4.67. The van der Waals surface area contributed by atoms with E-state index < -0.39 is 0 Å². The van der Waals surface area contributed by atoms with Crippen molar-refractivity contribution in [1.82, 2.24) is 20.1 Å². The Kier molecular flexibility index (Phi) is 3.59. The summed E-state index contributed by atoms with van der Waals surface area (Å²) in [5.74, 6) is 1.77. The van der Waals surface area contributed by atoms with E-state index in [1.54, 1.807) is 6.33 Å². The van der Waals surface area contributed by atoms with E-state index in [0.29, 0.717) is 5.38 Å². The van der Waals surface area contributed by atoms with E-state index in [1.807, 2.05) is 4.68 Å². The number of hydrogen-bond acceptors (Lipinski definition) is 3. The molecular weight excluding hydrogens is 212 g/mol. The van der Waals surface area contributed by atoms with Crippen LogP contribution in [0, 0.1) is 5.92 Å². The quantitative estimate of drug-likeness (QED) is 0.775. The van der Waals surface area contributed by atoms with Gasteiger partial charge in [-0.3, -0.25) is 0 Å².